The first-order chi connectivity index (χ1) is 16.1. The highest BCUT2D eigenvalue weighted by atomic mass is 19.1. The molecular weight excluding hydrogens is 421 g/mol. The van der Waals surface area contributed by atoms with Crippen molar-refractivity contribution in [3.63, 3.8) is 0 Å². The van der Waals surface area contributed by atoms with Crippen LogP contribution in [0.5, 0.6) is 0 Å². The summed E-state index contributed by atoms with van der Waals surface area (Å²) in [6.45, 7) is 2.81. The Morgan fingerprint density at radius 2 is 1.85 bits per heavy atom. The van der Waals surface area contributed by atoms with Gasteiger partial charge in [-0.25, -0.2) is 9.37 Å². The van der Waals surface area contributed by atoms with Gasteiger partial charge in [-0.1, -0.05) is 25.0 Å². The standard InChI is InChI=1S/C24H30FN7O/c1-31-15-20(26-16-31)14-21-27-23(30-24(28-21)32-10-12-33-13-11-32)29-22(17-4-2-3-5-17)18-6-8-19(25)9-7-18/h6-9,15-17,22H,2-5,10-14H2,1H3,(H,27,28,29,30). The average molecular weight is 452 g/mol. The predicted molar refractivity (Wildman–Crippen MR) is 124 cm³/mol. The first kappa shape index (κ1) is 21.8. The smallest absolute Gasteiger partial charge is 0.230 e. The van der Waals surface area contributed by atoms with Crippen molar-refractivity contribution in [2.24, 2.45) is 13.0 Å². The number of halogens is 1. The van der Waals surface area contributed by atoms with Crippen LogP contribution in [0, 0.1) is 11.7 Å². The van der Waals surface area contributed by atoms with Crippen molar-refractivity contribution in [3.05, 3.63) is 59.7 Å². The van der Waals surface area contributed by atoms with Gasteiger partial charge in [0.1, 0.15) is 11.6 Å². The number of aromatic nitrogens is 5. The number of hydrogen-bond acceptors (Lipinski definition) is 7. The van der Waals surface area contributed by atoms with Crippen LogP contribution in [0.25, 0.3) is 0 Å². The Balaban J connectivity index is 1.47. The van der Waals surface area contributed by atoms with Gasteiger partial charge < -0.3 is 19.5 Å². The maximum Gasteiger partial charge on any atom is 0.230 e. The van der Waals surface area contributed by atoms with E-state index in [2.05, 4.69) is 15.2 Å². The molecule has 2 aromatic heterocycles. The summed E-state index contributed by atoms with van der Waals surface area (Å²) in [6, 6.07) is 6.81. The number of imidazole rings is 1. The van der Waals surface area contributed by atoms with Crippen LogP contribution in [0.2, 0.25) is 0 Å². The van der Waals surface area contributed by atoms with Crippen LogP contribution < -0.4 is 10.2 Å². The summed E-state index contributed by atoms with van der Waals surface area (Å²) in [7, 11) is 1.95. The molecule has 0 bridgehead atoms. The van der Waals surface area contributed by atoms with Gasteiger partial charge in [-0.05, 0) is 36.5 Å². The summed E-state index contributed by atoms with van der Waals surface area (Å²) in [6.07, 6.45) is 8.99. The van der Waals surface area contributed by atoms with Crippen LogP contribution in [0.3, 0.4) is 0 Å². The molecule has 0 spiro atoms. The highest BCUT2D eigenvalue weighted by Crippen LogP contribution is 2.37. The largest absolute Gasteiger partial charge is 0.378 e. The molecule has 1 aliphatic carbocycles. The Morgan fingerprint density at radius 3 is 2.55 bits per heavy atom. The van der Waals surface area contributed by atoms with Gasteiger partial charge in [-0.15, -0.1) is 0 Å². The van der Waals surface area contributed by atoms with E-state index < -0.39 is 0 Å². The summed E-state index contributed by atoms with van der Waals surface area (Å²) in [5.41, 5.74) is 1.97. The third-order valence-electron chi connectivity index (χ3n) is 6.45. The Bertz CT molecular complexity index is 1060. The van der Waals surface area contributed by atoms with E-state index >= 15 is 0 Å². The molecule has 174 valence electrons. The summed E-state index contributed by atoms with van der Waals surface area (Å²) in [4.78, 5) is 20.9. The van der Waals surface area contributed by atoms with Crippen LogP contribution in [-0.2, 0) is 18.2 Å². The molecule has 1 unspecified atom stereocenters. The van der Waals surface area contributed by atoms with E-state index in [0.717, 1.165) is 37.2 Å². The maximum atomic E-state index is 13.6. The molecule has 0 amide bonds. The zero-order chi connectivity index (χ0) is 22.6. The molecule has 1 aromatic carbocycles. The average Bonchev–Trinajstić information content (AvgIpc) is 3.51. The van der Waals surface area contributed by atoms with Gasteiger partial charge in [0.2, 0.25) is 11.9 Å². The number of aryl methyl sites for hydroxylation is 1. The maximum absolute atomic E-state index is 13.6. The molecular formula is C24H30FN7O. The molecule has 3 aromatic rings. The van der Waals surface area contributed by atoms with E-state index in [4.69, 9.17) is 19.7 Å². The first-order valence-electron chi connectivity index (χ1n) is 11.7. The van der Waals surface area contributed by atoms with Crippen molar-refractivity contribution in [2.75, 3.05) is 36.5 Å². The predicted octanol–water partition coefficient (Wildman–Crippen LogP) is 3.52. The van der Waals surface area contributed by atoms with Gasteiger partial charge in [0.05, 0.1) is 37.7 Å². The minimum Gasteiger partial charge on any atom is -0.378 e. The molecule has 0 radical (unpaired) electrons. The second-order valence-electron chi connectivity index (χ2n) is 8.90. The molecule has 2 aliphatic rings. The lowest BCUT2D eigenvalue weighted by Gasteiger charge is -2.28. The van der Waals surface area contributed by atoms with Gasteiger partial charge >= 0.3 is 0 Å². The summed E-state index contributed by atoms with van der Waals surface area (Å²) in [5.74, 6) is 2.12. The fourth-order valence-corrected chi connectivity index (χ4v) is 4.75. The first-order valence-corrected chi connectivity index (χ1v) is 11.7. The van der Waals surface area contributed by atoms with E-state index in [1.54, 1.807) is 6.33 Å². The van der Waals surface area contributed by atoms with E-state index in [1.165, 1.54) is 25.0 Å². The van der Waals surface area contributed by atoms with Crippen molar-refractivity contribution in [1.29, 1.82) is 0 Å². The van der Waals surface area contributed by atoms with E-state index in [1.807, 2.05) is 29.9 Å². The third kappa shape index (κ3) is 5.30. The zero-order valence-corrected chi connectivity index (χ0v) is 19.0. The fraction of sp³-hybridized carbons (Fsp3) is 0.500. The normalized spacial score (nSPS) is 17.9. The number of rotatable bonds is 7. The summed E-state index contributed by atoms with van der Waals surface area (Å²) < 4.78 is 21.0. The van der Waals surface area contributed by atoms with Gasteiger partial charge in [0, 0.05) is 26.3 Å². The van der Waals surface area contributed by atoms with Crippen LogP contribution in [0.15, 0.2) is 36.8 Å². The fourth-order valence-electron chi connectivity index (χ4n) is 4.75. The number of nitrogens with one attached hydrogen (secondary N) is 1. The molecule has 1 atom stereocenters. The molecule has 9 heteroatoms. The number of benzene rings is 1. The Labute approximate surface area is 193 Å². The number of ether oxygens (including phenoxy) is 1. The summed E-state index contributed by atoms with van der Waals surface area (Å²) >= 11 is 0. The van der Waals surface area contributed by atoms with Crippen LogP contribution in [-0.4, -0.2) is 50.8 Å². The van der Waals surface area contributed by atoms with Crippen molar-refractivity contribution < 1.29 is 9.13 Å². The minimum atomic E-state index is -0.226. The summed E-state index contributed by atoms with van der Waals surface area (Å²) in [5, 5.41) is 3.60. The highest BCUT2D eigenvalue weighted by Gasteiger charge is 2.28. The Morgan fingerprint density at radius 1 is 1.09 bits per heavy atom. The number of morpholine rings is 1. The van der Waals surface area contributed by atoms with Gasteiger partial charge in [-0.3, -0.25) is 0 Å². The molecule has 1 saturated carbocycles. The van der Waals surface area contributed by atoms with E-state index in [9.17, 15) is 4.39 Å². The molecule has 5 rings (SSSR count). The second kappa shape index (κ2) is 9.82. The number of hydrogen-bond donors (Lipinski definition) is 1. The van der Waals surface area contributed by atoms with E-state index in [0.29, 0.717) is 43.3 Å². The molecule has 1 aliphatic heterocycles. The quantitative estimate of drug-likeness (QED) is 0.589. The lowest BCUT2D eigenvalue weighted by molar-refractivity contribution is 0.122. The highest BCUT2D eigenvalue weighted by molar-refractivity contribution is 5.40. The number of anilines is 2. The monoisotopic (exact) mass is 451 g/mol. The van der Waals surface area contributed by atoms with Gasteiger partial charge in [0.25, 0.3) is 0 Å². The second-order valence-corrected chi connectivity index (χ2v) is 8.90. The van der Waals surface area contributed by atoms with Gasteiger partial charge in [-0.2, -0.15) is 15.0 Å². The lowest BCUT2D eigenvalue weighted by Crippen LogP contribution is -2.37. The van der Waals surface area contributed by atoms with Crippen LogP contribution in [0.4, 0.5) is 16.3 Å². The molecule has 3 heterocycles. The topological polar surface area (TPSA) is 81.0 Å². The molecule has 1 N–H and O–H groups in total. The molecule has 1 saturated heterocycles. The SMILES string of the molecule is Cn1cnc(Cc2nc(NC(c3ccc(F)cc3)C3CCCC3)nc(N3CCOCC3)n2)c1. The molecule has 2 fully saturated rings. The Hall–Kier alpha value is -3.07. The van der Waals surface area contributed by atoms with Gasteiger partial charge in [0.15, 0.2) is 0 Å². The van der Waals surface area contributed by atoms with Crippen LogP contribution >= 0.6 is 0 Å². The Kier molecular flexibility index (Phi) is 6.48. The van der Waals surface area contributed by atoms with Crippen molar-refractivity contribution >= 4 is 11.9 Å². The van der Waals surface area contributed by atoms with Crippen molar-refractivity contribution in [3.8, 4) is 0 Å². The molecule has 33 heavy (non-hydrogen) atoms. The third-order valence-corrected chi connectivity index (χ3v) is 6.45. The lowest BCUT2D eigenvalue weighted by atomic mass is 9.91. The van der Waals surface area contributed by atoms with Crippen molar-refractivity contribution in [1.82, 2.24) is 24.5 Å². The van der Waals surface area contributed by atoms with Crippen molar-refractivity contribution in [2.45, 2.75) is 38.1 Å². The van der Waals surface area contributed by atoms with E-state index in [-0.39, 0.29) is 11.9 Å². The zero-order valence-electron chi connectivity index (χ0n) is 19.0. The number of nitrogens with zero attached hydrogens (tertiary/aromatic N) is 6. The van der Waals surface area contributed by atoms with Crippen LogP contribution in [0.1, 0.15) is 48.8 Å². The minimum absolute atomic E-state index is 0.0238. The molecule has 8 nitrogen and oxygen atoms in total.